The average Bonchev–Trinajstić information content (AvgIpc) is 3.49. The third-order valence-corrected chi connectivity index (χ3v) is 7.83. The minimum Gasteiger partial charge on any atom is -0.756 e. The quantitative estimate of drug-likeness (QED) is 0.301. The van der Waals surface area contributed by atoms with Gasteiger partial charge in [0.1, 0.15) is 13.2 Å². The summed E-state index contributed by atoms with van der Waals surface area (Å²) in [7, 11) is 1.66. The molecule has 0 bridgehead atoms. The summed E-state index contributed by atoms with van der Waals surface area (Å²) in [5, 5.41) is 0. The van der Waals surface area contributed by atoms with Crippen LogP contribution < -0.4 is 26.2 Å². The minimum atomic E-state index is -4.27. The lowest BCUT2D eigenvalue weighted by molar-refractivity contribution is -0.870. The monoisotopic (exact) mass is 533 g/mol. The van der Waals surface area contributed by atoms with Crippen LogP contribution >= 0.6 is 7.82 Å². The molecule has 0 radical (unpaired) electrons. The standard InChI is InChI=1S/C16H28N3O4P.C11H16N2/c1-13-11-14(5-6-16(13)17)18-8-7-15(12-18)23-24(20,21)22-10-9-19(2,3)4;1-9-8-10(4-5-11(9)12)13-6-2-3-7-13/h5-6,11,15H,7-10,12,17H2,1-4H3;4-5,8H,2-3,6-7,12H2,1H3. The Hall–Kier alpha value is -2.29. The average molecular weight is 534 g/mol. The molecule has 0 spiro atoms. The van der Waals surface area contributed by atoms with Crippen molar-refractivity contribution in [2.75, 3.05) is 81.7 Å². The van der Waals surface area contributed by atoms with Gasteiger partial charge in [0, 0.05) is 48.9 Å². The van der Waals surface area contributed by atoms with Crippen LogP contribution in [-0.2, 0) is 13.6 Å². The molecule has 10 heteroatoms. The van der Waals surface area contributed by atoms with E-state index in [1.807, 2.05) is 52.3 Å². The number of aryl methyl sites for hydroxylation is 2. The van der Waals surface area contributed by atoms with E-state index in [-0.39, 0.29) is 12.7 Å². The summed E-state index contributed by atoms with van der Waals surface area (Å²) >= 11 is 0. The molecule has 2 fully saturated rings. The summed E-state index contributed by atoms with van der Waals surface area (Å²) in [6, 6.07) is 12.1. The maximum atomic E-state index is 12.0. The van der Waals surface area contributed by atoms with E-state index < -0.39 is 7.82 Å². The highest BCUT2D eigenvalue weighted by Gasteiger charge is 2.27. The van der Waals surface area contributed by atoms with Gasteiger partial charge in [0.15, 0.2) is 0 Å². The van der Waals surface area contributed by atoms with Crippen LogP contribution in [0.5, 0.6) is 0 Å². The molecular formula is C27H44N5O4P. The third kappa shape index (κ3) is 9.20. The minimum absolute atomic E-state index is 0.123. The molecule has 0 amide bonds. The summed E-state index contributed by atoms with van der Waals surface area (Å²) in [6.07, 6.45) is 2.91. The van der Waals surface area contributed by atoms with Gasteiger partial charge < -0.3 is 39.7 Å². The Bertz CT molecular complexity index is 1080. The van der Waals surface area contributed by atoms with Gasteiger partial charge in [-0.1, -0.05) is 0 Å². The highest BCUT2D eigenvalue weighted by molar-refractivity contribution is 7.45. The SMILES string of the molecule is Cc1cc(N2CCC(OP(=O)([O-])OCC[N+](C)(C)C)C2)ccc1N.Cc1cc(N2CCCC2)ccc1N. The molecule has 0 saturated carbocycles. The van der Waals surface area contributed by atoms with Crippen molar-refractivity contribution in [3.05, 3.63) is 47.5 Å². The van der Waals surface area contributed by atoms with Crippen LogP contribution in [0.4, 0.5) is 22.7 Å². The Labute approximate surface area is 222 Å². The van der Waals surface area contributed by atoms with E-state index in [1.165, 1.54) is 37.2 Å². The van der Waals surface area contributed by atoms with Crippen LogP contribution in [0.2, 0.25) is 0 Å². The molecule has 37 heavy (non-hydrogen) atoms. The number of phosphoric ester groups is 1. The lowest BCUT2D eigenvalue weighted by Gasteiger charge is -2.29. The van der Waals surface area contributed by atoms with E-state index in [4.69, 9.17) is 20.5 Å². The number of rotatable bonds is 8. The second-order valence-corrected chi connectivity index (χ2v) is 12.4. The van der Waals surface area contributed by atoms with Crippen molar-refractivity contribution < 1.29 is 23.0 Å². The topological polar surface area (TPSA) is 117 Å². The Balaban J connectivity index is 0.000000244. The van der Waals surface area contributed by atoms with E-state index in [9.17, 15) is 9.46 Å². The second-order valence-electron chi connectivity index (χ2n) is 11.0. The number of phosphoric acid groups is 1. The molecule has 206 valence electrons. The largest absolute Gasteiger partial charge is 0.756 e. The fourth-order valence-electron chi connectivity index (χ4n) is 4.38. The van der Waals surface area contributed by atoms with Crippen molar-refractivity contribution in [2.24, 2.45) is 0 Å². The van der Waals surface area contributed by atoms with Gasteiger partial charge in [-0.25, -0.2) is 0 Å². The van der Waals surface area contributed by atoms with Gasteiger partial charge >= 0.3 is 0 Å². The van der Waals surface area contributed by atoms with Crippen LogP contribution in [0.3, 0.4) is 0 Å². The summed E-state index contributed by atoms with van der Waals surface area (Å²) in [4.78, 5) is 16.5. The first-order chi connectivity index (χ1) is 17.3. The molecule has 2 saturated heterocycles. The number of quaternary nitrogens is 1. The number of hydrogen-bond donors (Lipinski definition) is 2. The smallest absolute Gasteiger partial charge is 0.268 e. The fourth-order valence-corrected chi connectivity index (χ4v) is 5.28. The number of nitrogens with two attached hydrogens (primary N) is 2. The van der Waals surface area contributed by atoms with E-state index in [0.29, 0.717) is 24.0 Å². The molecule has 0 aliphatic carbocycles. The van der Waals surface area contributed by atoms with E-state index in [0.717, 1.165) is 29.2 Å². The van der Waals surface area contributed by atoms with Crippen molar-refractivity contribution in [1.82, 2.24) is 0 Å². The van der Waals surface area contributed by atoms with Crippen LogP contribution in [0, 0.1) is 13.8 Å². The molecule has 2 aliphatic rings. The summed E-state index contributed by atoms with van der Waals surface area (Å²) < 4.78 is 22.8. The van der Waals surface area contributed by atoms with Crippen LogP contribution in [-0.4, -0.2) is 71.1 Å². The highest BCUT2D eigenvalue weighted by atomic mass is 31.2. The predicted molar refractivity (Wildman–Crippen MR) is 151 cm³/mol. The number of hydrogen-bond acceptors (Lipinski definition) is 8. The van der Waals surface area contributed by atoms with E-state index >= 15 is 0 Å². The lowest BCUT2D eigenvalue weighted by atomic mass is 10.2. The van der Waals surface area contributed by atoms with Crippen molar-refractivity contribution in [2.45, 2.75) is 39.2 Å². The zero-order valence-electron chi connectivity index (χ0n) is 23.0. The number of nitrogens with zero attached hydrogens (tertiary/aromatic N) is 3. The third-order valence-electron chi connectivity index (χ3n) is 6.78. The normalized spacial score (nSPS) is 19.5. The molecule has 2 unspecified atom stereocenters. The van der Waals surface area contributed by atoms with Crippen molar-refractivity contribution in [3.63, 3.8) is 0 Å². The predicted octanol–water partition coefficient (Wildman–Crippen LogP) is 3.54. The molecule has 0 aromatic heterocycles. The van der Waals surface area contributed by atoms with Gasteiger partial charge in [0.25, 0.3) is 7.82 Å². The van der Waals surface area contributed by atoms with Gasteiger partial charge in [-0.15, -0.1) is 0 Å². The van der Waals surface area contributed by atoms with E-state index in [2.05, 4.69) is 28.9 Å². The molecule has 2 aliphatic heterocycles. The maximum absolute atomic E-state index is 12.0. The lowest BCUT2D eigenvalue weighted by Crippen LogP contribution is -2.37. The number of benzene rings is 2. The van der Waals surface area contributed by atoms with Gasteiger partial charge in [0.05, 0.1) is 27.2 Å². The van der Waals surface area contributed by atoms with Crippen molar-refractivity contribution in [1.29, 1.82) is 0 Å². The summed E-state index contributed by atoms with van der Waals surface area (Å²) in [6.45, 7) is 8.40. The first-order valence-electron chi connectivity index (χ1n) is 13.0. The molecule has 2 atom stereocenters. The van der Waals surface area contributed by atoms with Crippen molar-refractivity contribution in [3.8, 4) is 0 Å². The number of likely N-dealkylation sites (N-methyl/N-ethyl adjacent to an activating group) is 1. The zero-order chi connectivity index (χ0) is 27.2. The zero-order valence-corrected chi connectivity index (χ0v) is 23.9. The Morgan fingerprint density at radius 1 is 0.946 bits per heavy atom. The van der Waals surface area contributed by atoms with Crippen molar-refractivity contribution >= 4 is 30.6 Å². The second kappa shape index (κ2) is 12.5. The van der Waals surface area contributed by atoms with Gasteiger partial charge in [0.2, 0.25) is 0 Å². The van der Waals surface area contributed by atoms with Crippen LogP contribution in [0.25, 0.3) is 0 Å². The van der Waals surface area contributed by atoms with Crippen LogP contribution in [0.1, 0.15) is 30.4 Å². The molecule has 4 rings (SSSR count). The Morgan fingerprint density at radius 2 is 1.49 bits per heavy atom. The fraction of sp³-hybridized carbons (Fsp3) is 0.556. The molecule has 2 aromatic rings. The van der Waals surface area contributed by atoms with Gasteiger partial charge in [-0.2, -0.15) is 0 Å². The molecule has 9 nitrogen and oxygen atoms in total. The van der Waals surface area contributed by atoms with E-state index in [1.54, 1.807) is 0 Å². The van der Waals surface area contributed by atoms with Gasteiger partial charge in [-0.05, 0) is 80.6 Å². The Morgan fingerprint density at radius 3 is 2.00 bits per heavy atom. The molecule has 2 aromatic carbocycles. The summed E-state index contributed by atoms with van der Waals surface area (Å²) in [5.74, 6) is 0. The number of nitrogen functional groups attached to an aromatic ring is 2. The Kier molecular flexibility index (Phi) is 9.89. The molecule has 2 heterocycles. The van der Waals surface area contributed by atoms with Crippen LogP contribution in [0.15, 0.2) is 36.4 Å². The summed E-state index contributed by atoms with van der Waals surface area (Å²) in [5.41, 5.74) is 17.8. The first-order valence-corrected chi connectivity index (χ1v) is 14.5. The molecular weight excluding hydrogens is 489 g/mol. The molecule has 4 N–H and O–H groups in total. The number of anilines is 4. The maximum Gasteiger partial charge on any atom is 0.268 e. The van der Waals surface area contributed by atoms with Gasteiger partial charge in [-0.3, -0.25) is 4.57 Å². The first kappa shape index (κ1) is 29.3. The highest BCUT2D eigenvalue weighted by Crippen LogP contribution is 2.42.